The summed E-state index contributed by atoms with van der Waals surface area (Å²) in [5, 5.41) is 15.4. The van der Waals surface area contributed by atoms with Crippen LogP contribution in [0.3, 0.4) is 0 Å². The fraction of sp³-hybridized carbons (Fsp3) is 0.462. The lowest BCUT2D eigenvalue weighted by atomic mass is 9.99. The van der Waals surface area contributed by atoms with E-state index in [1.807, 2.05) is 29.3 Å². The Bertz CT molecular complexity index is 468. The highest BCUT2D eigenvalue weighted by Gasteiger charge is 2.32. The standard InChI is InChI=1S/C13H16N4O/c1-2-3-8-16-10-11-6-4-5-7-12(11)13(9-14)17(16)15-18/h4-7,13H,2-3,8,10H2,1H3. The summed E-state index contributed by atoms with van der Waals surface area (Å²) in [6, 6.07) is 9.28. The Balaban J connectivity index is 2.33. The minimum atomic E-state index is -0.607. The molecule has 0 aromatic heterocycles. The van der Waals surface area contributed by atoms with E-state index in [2.05, 4.69) is 18.3 Å². The number of nitrogens with zero attached hydrogens (tertiary/aromatic N) is 4. The Labute approximate surface area is 107 Å². The summed E-state index contributed by atoms with van der Waals surface area (Å²) in [5.74, 6) is 0. The molecule has 5 heteroatoms. The molecule has 1 aromatic carbocycles. The molecular weight excluding hydrogens is 228 g/mol. The quantitative estimate of drug-likeness (QED) is 0.764. The van der Waals surface area contributed by atoms with E-state index in [1.54, 1.807) is 0 Å². The zero-order valence-electron chi connectivity index (χ0n) is 10.4. The van der Waals surface area contributed by atoms with E-state index < -0.39 is 6.04 Å². The fourth-order valence-corrected chi connectivity index (χ4v) is 2.24. The molecule has 0 aliphatic carbocycles. The predicted molar refractivity (Wildman–Crippen MR) is 67.7 cm³/mol. The molecule has 5 nitrogen and oxygen atoms in total. The molecule has 1 aliphatic rings. The van der Waals surface area contributed by atoms with Crippen molar-refractivity contribution in [2.45, 2.75) is 32.4 Å². The molecule has 1 aromatic rings. The Hall–Kier alpha value is -1.93. The first-order chi connectivity index (χ1) is 8.81. The van der Waals surface area contributed by atoms with Crippen molar-refractivity contribution in [2.75, 3.05) is 6.54 Å². The van der Waals surface area contributed by atoms with Crippen LogP contribution in [-0.2, 0) is 6.54 Å². The van der Waals surface area contributed by atoms with E-state index in [1.165, 1.54) is 5.12 Å². The number of unbranched alkanes of at least 4 members (excludes halogenated alkanes) is 1. The Morgan fingerprint density at radius 2 is 2.28 bits per heavy atom. The second-order valence-corrected chi connectivity index (χ2v) is 4.37. The van der Waals surface area contributed by atoms with E-state index in [0.717, 1.165) is 30.5 Å². The summed E-state index contributed by atoms with van der Waals surface area (Å²) in [6.07, 6.45) is 2.02. The Kier molecular flexibility index (Phi) is 3.90. The zero-order valence-corrected chi connectivity index (χ0v) is 10.4. The monoisotopic (exact) mass is 244 g/mol. The van der Waals surface area contributed by atoms with Crippen molar-refractivity contribution in [3.8, 4) is 6.07 Å². The van der Waals surface area contributed by atoms with Crippen LogP contribution >= 0.6 is 0 Å². The molecule has 0 saturated carbocycles. The lowest BCUT2D eigenvalue weighted by molar-refractivity contribution is -0.0674. The predicted octanol–water partition coefficient (Wildman–Crippen LogP) is 2.77. The molecule has 0 saturated heterocycles. The molecule has 0 bridgehead atoms. The van der Waals surface area contributed by atoms with Crippen LogP contribution in [0.25, 0.3) is 0 Å². The van der Waals surface area contributed by atoms with Gasteiger partial charge in [0, 0.05) is 13.1 Å². The van der Waals surface area contributed by atoms with Gasteiger partial charge in [0.05, 0.1) is 11.4 Å². The van der Waals surface area contributed by atoms with E-state index in [4.69, 9.17) is 0 Å². The van der Waals surface area contributed by atoms with Crippen molar-refractivity contribution in [1.29, 1.82) is 5.26 Å². The Morgan fingerprint density at radius 1 is 1.50 bits per heavy atom. The molecule has 2 rings (SSSR count). The first kappa shape index (κ1) is 12.5. The van der Waals surface area contributed by atoms with Crippen LogP contribution in [-0.4, -0.2) is 16.7 Å². The van der Waals surface area contributed by atoms with E-state index in [9.17, 15) is 10.2 Å². The summed E-state index contributed by atoms with van der Waals surface area (Å²) in [5.41, 5.74) is 1.98. The van der Waals surface area contributed by atoms with Gasteiger partial charge in [-0.1, -0.05) is 37.6 Å². The van der Waals surface area contributed by atoms with Crippen LogP contribution in [0.1, 0.15) is 36.9 Å². The van der Waals surface area contributed by atoms with Crippen molar-refractivity contribution in [3.05, 3.63) is 40.3 Å². The van der Waals surface area contributed by atoms with Gasteiger partial charge < -0.3 is 0 Å². The number of hydrogen-bond donors (Lipinski definition) is 0. The third-order valence-corrected chi connectivity index (χ3v) is 3.20. The highest BCUT2D eigenvalue weighted by molar-refractivity contribution is 5.34. The Morgan fingerprint density at radius 3 is 2.94 bits per heavy atom. The van der Waals surface area contributed by atoms with Crippen LogP contribution in [0.2, 0.25) is 0 Å². The van der Waals surface area contributed by atoms with Gasteiger partial charge in [-0.25, -0.2) is 0 Å². The van der Waals surface area contributed by atoms with Gasteiger partial charge in [0.2, 0.25) is 0 Å². The van der Waals surface area contributed by atoms with Gasteiger partial charge in [0.25, 0.3) is 0 Å². The largest absolute Gasteiger partial charge is 0.196 e. The lowest BCUT2D eigenvalue weighted by Crippen LogP contribution is -2.44. The number of nitroso groups, excluding NO2 is 1. The van der Waals surface area contributed by atoms with Gasteiger partial charge in [-0.05, 0) is 17.5 Å². The van der Waals surface area contributed by atoms with Gasteiger partial charge in [0.15, 0.2) is 6.04 Å². The number of fused-ring (bicyclic) bond motifs is 1. The van der Waals surface area contributed by atoms with Crippen LogP contribution in [0.4, 0.5) is 0 Å². The minimum absolute atomic E-state index is 0.607. The summed E-state index contributed by atoms with van der Waals surface area (Å²) in [4.78, 5) is 11.0. The molecule has 0 radical (unpaired) electrons. The number of nitriles is 1. The van der Waals surface area contributed by atoms with Crippen LogP contribution in [0, 0.1) is 16.2 Å². The molecule has 1 atom stereocenters. The maximum absolute atomic E-state index is 11.0. The van der Waals surface area contributed by atoms with Gasteiger partial charge in [-0.3, -0.25) is 0 Å². The van der Waals surface area contributed by atoms with Crippen molar-refractivity contribution in [1.82, 2.24) is 10.1 Å². The highest BCUT2D eigenvalue weighted by atomic mass is 16.3. The van der Waals surface area contributed by atoms with Crippen LogP contribution in [0.15, 0.2) is 29.6 Å². The molecular formula is C13H16N4O. The molecule has 18 heavy (non-hydrogen) atoms. The van der Waals surface area contributed by atoms with Crippen LogP contribution < -0.4 is 0 Å². The van der Waals surface area contributed by atoms with Crippen molar-refractivity contribution in [3.63, 3.8) is 0 Å². The van der Waals surface area contributed by atoms with E-state index in [0.29, 0.717) is 6.54 Å². The molecule has 1 unspecified atom stereocenters. The second-order valence-electron chi connectivity index (χ2n) is 4.37. The summed E-state index contributed by atoms with van der Waals surface area (Å²) in [6.45, 7) is 3.48. The molecule has 0 fully saturated rings. The minimum Gasteiger partial charge on any atom is -0.196 e. The average molecular weight is 244 g/mol. The smallest absolute Gasteiger partial charge is 0.179 e. The lowest BCUT2D eigenvalue weighted by Gasteiger charge is -2.38. The number of hydrazine groups is 1. The topological polar surface area (TPSA) is 59.7 Å². The number of hydrogen-bond acceptors (Lipinski definition) is 4. The SMILES string of the molecule is CCCCN1Cc2ccccc2C(C#N)N1N=O. The maximum atomic E-state index is 11.0. The number of benzene rings is 1. The summed E-state index contributed by atoms with van der Waals surface area (Å²) >= 11 is 0. The third kappa shape index (κ3) is 2.20. The second kappa shape index (κ2) is 5.61. The van der Waals surface area contributed by atoms with E-state index >= 15 is 0 Å². The van der Waals surface area contributed by atoms with Crippen LogP contribution in [0.5, 0.6) is 0 Å². The molecule has 0 N–H and O–H groups in total. The third-order valence-electron chi connectivity index (χ3n) is 3.20. The first-order valence-electron chi connectivity index (χ1n) is 6.16. The highest BCUT2D eigenvalue weighted by Crippen LogP contribution is 2.32. The van der Waals surface area contributed by atoms with Crippen molar-refractivity contribution < 1.29 is 0 Å². The summed E-state index contributed by atoms with van der Waals surface area (Å²) < 4.78 is 0. The molecule has 1 heterocycles. The normalized spacial score (nSPS) is 19.1. The molecule has 94 valence electrons. The molecule has 0 spiro atoms. The maximum Gasteiger partial charge on any atom is 0.179 e. The zero-order chi connectivity index (χ0) is 13.0. The fourth-order valence-electron chi connectivity index (χ4n) is 2.24. The average Bonchev–Trinajstić information content (AvgIpc) is 2.43. The van der Waals surface area contributed by atoms with Gasteiger partial charge >= 0.3 is 0 Å². The molecule has 1 aliphatic heterocycles. The molecule has 0 amide bonds. The van der Waals surface area contributed by atoms with Gasteiger partial charge in [-0.2, -0.15) is 15.4 Å². The summed E-state index contributed by atoms with van der Waals surface area (Å²) in [7, 11) is 0. The van der Waals surface area contributed by atoms with E-state index in [-0.39, 0.29) is 0 Å². The van der Waals surface area contributed by atoms with Crippen molar-refractivity contribution >= 4 is 0 Å². The first-order valence-corrected chi connectivity index (χ1v) is 6.16. The van der Waals surface area contributed by atoms with Gasteiger partial charge in [0.1, 0.15) is 0 Å². The van der Waals surface area contributed by atoms with Gasteiger partial charge in [-0.15, -0.1) is 4.91 Å². The number of rotatable bonds is 4. The van der Waals surface area contributed by atoms with Crippen molar-refractivity contribution in [2.24, 2.45) is 5.29 Å².